The molecule has 0 aromatic heterocycles. The minimum Gasteiger partial charge on any atom is -0.298 e. The lowest BCUT2D eigenvalue weighted by molar-refractivity contribution is 0.366. The molecule has 2 heteroatoms. The first-order chi connectivity index (χ1) is 13.8. The summed E-state index contributed by atoms with van der Waals surface area (Å²) < 4.78 is 0. The first-order valence-electron chi connectivity index (χ1n) is 9.52. The van der Waals surface area contributed by atoms with E-state index in [1.54, 1.807) is 0 Å². The van der Waals surface area contributed by atoms with Crippen LogP contribution in [0, 0.1) is 6.42 Å². The Morgan fingerprint density at radius 2 is 1.54 bits per heavy atom. The average Bonchev–Trinajstić information content (AvgIpc) is 3.19. The van der Waals surface area contributed by atoms with Crippen molar-refractivity contribution in [2.45, 2.75) is 12.5 Å². The van der Waals surface area contributed by atoms with E-state index in [1.807, 2.05) is 0 Å². The Morgan fingerprint density at radius 3 is 2.07 bits per heavy atom. The van der Waals surface area contributed by atoms with Crippen LogP contribution in [-0.2, 0) is 0 Å². The summed E-state index contributed by atoms with van der Waals surface area (Å²) in [7, 11) is 3.57. The van der Waals surface area contributed by atoms with Gasteiger partial charge in [0.1, 0.15) is 0 Å². The van der Waals surface area contributed by atoms with E-state index in [0.29, 0.717) is 0 Å². The topological polar surface area (TPSA) is 3.24 Å². The van der Waals surface area contributed by atoms with Crippen molar-refractivity contribution >= 4 is 18.5 Å². The molecule has 0 bridgehead atoms. The molecule has 0 spiro atoms. The summed E-state index contributed by atoms with van der Waals surface area (Å²) in [6.45, 7) is 0. The summed E-state index contributed by atoms with van der Waals surface area (Å²) in [5, 5.41) is 3.88. The third-order valence-corrected chi connectivity index (χ3v) is 7.37. The molecule has 2 aromatic rings. The quantitative estimate of drug-likeness (QED) is 0.510. The normalized spacial score (nSPS) is 16.4. The van der Waals surface area contributed by atoms with Crippen LogP contribution >= 0.6 is 7.92 Å². The number of hydrogen-bond acceptors (Lipinski definition) is 1. The Kier molecular flexibility index (Phi) is 5.76. The second-order valence-corrected chi connectivity index (χ2v) is 9.23. The zero-order chi connectivity index (χ0) is 19.3. The van der Waals surface area contributed by atoms with E-state index in [4.69, 9.17) is 0 Å². The molecule has 2 aromatic carbocycles. The molecule has 1 nitrogen and oxygen atoms in total. The van der Waals surface area contributed by atoms with E-state index in [1.165, 1.54) is 27.1 Å². The fraction of sp³-hybridized carbons (Fsp3) is 0.154. The molecule has 0 N–H and O–H groups in total. The van der Waals surface area contributed by atoms with Gasteiger partial charge in [0.15, 0.2) is 0 Å². The number of hydrogen-bond donors (Lipinski definition) is 0. The molecule has 0 heterocycles. The highest BCUT2D eigenvalue weighted by Crippen LogP contribution is 2.48. The van der Waals surface area contributed by atoms with Crippen molar-refractivity contribution in [1.29, 1.82) is 0 Å². The maximum Gasteiger partial charge on any atom is 0.0653 e. The van der Waals surface area contributed by atoms with Crippen molar-refractivity contribution in [1.82, 2.24) is 4.90 Å². The lowest BCUT2D eigenvalue weighted by atomic mass is 9.92. The molecule has 0 saturated heterocycles. The fourth-order valence-corrected chi connectivity index (χ4v) is 6.07. The zero-order valence-electron chi connectivity index (χ0n) is 16.3. The Labute approximate surface area is 169 Å². The number of benzene rings is 2. The van der Waals surface area contributed by atoms with E-state index in [-0.39, 0.29) is 6.04 Å². The SMILES string of the molecule is CN(C)[C@H](C1=C=C=C=C1P(c1ccccc1)c1ccccc1)C1=C[CH]C=CC1. The van der Waals surface area contributed by atoms with E-state index >= 15 is 0 Å². The zero-order valence-corrected chi connectivity index (χ0v) is 17.2. The average molecular weight is 380 g/mol. The molecule has 1 radical (unpaired) electrons. The van der Waals surface area contributed by atoms with Gasteiger partial charge in [-0.25, -0.2) is 0 Å². The minimum atomic E-state index is -0.708. The lowest BCUT2D eigenvalue weighted by Gasteiger charge is -2.31. The standard InChI is InChI=1S/C26H23NP/c1-27(2)26(21-13-6-3-7-14-21)24-19-12-20-25(24)28(22-15-8-4-9-16-22)23-17-10-5-11-18-23/h3-11,13,15-18,26H,14H2,1-2H3/t26-/m0/s1. The highest BCUT2D eigenvalue weighted by molar-refractivity contribution is 7.77. The van der Waals surface area contributed by atoms with E-state index in [2.05, 4.69) is 122 Å². The first-order valence-corrected chi connectivity index (χ1v) is 10.9. The molecule has 0 amide bonds. The number of nitrogens with zero attached hydrogens (tertiary/aromatic N) is 1. The van der Waals surface area contributed by atoms with Crippen molar-refractivity contribution in [3.05, 3.63) is 119 Å². The summed E-state index contributed by atoms with van der Waals surface area (Å²) >= 11 is 0. The number of allylic oxidation sites excluding steroid dienone is 3. The van der Waals surface area contributed by atoms with Crippen molar-refractivity contribution in [3.8, 4) is 0 Å². The maximum atomic E-state index is 3.44. The van der Waals surface area contributed by atoms with Gasteiger partial charge in [-0.15, -0.1) is 0 Å². The Morgan fingerprint density at radius 1 is 0.893 bits per heavy atom. The molecule has 0 saturated carbocycles. The molecule has 2 aliphatic rings. The van der Waals surface area contributed by atoms with E-state index < -0.39 is 7.92 Å². The summed E-state index contributed by atoms with van der Waals surface area (Å²) in [6, 6.07) is 21.7. The predicted octanol–water partition coefficient (Wildman–Crippen LogP) is 4.87. The van der Waals surface area contributed by atoms with Crippen LogP contribution in [0.3, 0.4) is 0 Å². The first kappa shape index (κ1) is 18.7. The van der Waals surface area contributed by atoms with Crippen LogP contribution in [0.5, 0.6) is 0 Å². The van der Waals surface area contributed by atoms with Crippen LogP contribution in [0.1, 0.15) is 6.42 Å². The van der Waals surface area contributed by atoms with Gasteiger partial charge in [0.05, 0.1) is 6.04 Å². The fourth-order valence-electron chi connectivity index (χ4n) is 3.73. The van der Waals surface area contributed by atoms with Gasteiger partial charge in [-0.3, -0.25) is 4.90 Å². The Balaban J connectivity index is 1.78. The second-order valence-electron chi connectivity index (χ2n) is 7.08. The monoisotopic (exact) mass is 380 g/mol. The predicted molar refractivity (Wildman–Crippen MR) is 120 cm³/mol. The number of rotatable bonds is 6. The van der Waals surface area contributed by atoms with Gasteiger partial charge in [-0.2, -0.15) is 0 Å². The summed E-state index contributed by atoms with van der Waals surface area (Å²) in [4.78, 5) is 2.28. The van der Waals surface area contributed by atoms with Crippen LogP contribution < -0.4 is 10.6 Å². The second kappa shape index (κ2) is 8.60. The Bertz CT molecular complexity index is 1000. The van der Waals surface area contributed by atoms with Crippen molar-refractivity contribution in [3.63, 3.8) is 0 Å². The van der Waals surface area contributed by atoms with Gasteiger partial charge in [0, 0.05) is 17.3 Å². The summed E-state index contributed by atoms with van der Waals surface area (Å²) in [5.41, 5.74) is 12.6. The molecule has 0 unspecified atom stereocenters. The minimum absolute atomic E-state index is 0.177. The van der Waals surface area contributed by atoms with Gasteiger partial charge in [0.25, 0.3) is 0 Å². The molecule has 28 heavy (non-hydrogen) atoms. The van der Waals surface area contributed by atoms with E-state index in [0.717, 1.165) is 6.42 Å². The third kappa shape index (κ3) is 3.82. The molecular weight excluding hydrogens is 357 g/mol. The van der Waals surface area contributed by atoms with Gasteiger partial charge in [0.2, 0.25) is 0 Å². The van der Waals surface area contributed by atoms with Crippen LogP contribution in [0.2, 0.25) is 0 Å². The highest BCUT2D eigenvalue weighted by atomic mass is 31.1. The van der Waals surface area contributed by atoms with Crippen LogP contribution in [0.25, 0.3) is 0 Å². The van der Waals surface area contributed by atoms with Gasteiger partial charge in [-0.1, -0.05) is 90.4 Å². The van der Waals surface area contributed by atoms with Crippen molar-refractivity contribution in [2.75, 3.05) is 14.1 Å². The molecule has 0 fully saturated rings. The molecule has 2 aliphatic carbocycles. The molecule has 4 rings (SSSR count). The molecule has 137 valence electrons. The van der Waals surface area contributed by atoms with Gasteiger partial charge in [-0.05, 0) is 50.4 Å². The van der Waals surface area contributed by atoms with Gasteiger partial charge >= 0.3 is 0 Å². The maximum absolute atomic E-state index is 3.44. The van der Waals surface area contributed by atoms with Crippen LogP contribution in [-0.4, -0.2) is 25.0 Å². The largest absolute Gasteiger partial charge is 0.298 e. The molecule has 1 atom stereocenters. The summed E-state index contributed by atoms with van der Waals surface area (Å²) in [5.74, 6) is 0. The van der Waals surface area contributed by atoms with Crippen molar-refractivity contribution in [2.24, 2.45) is 0 Å². The third-order valence-electron chi connectivity index (χ3n) is 4.94. The van der Waals surface area contributed by atoms with Crippen molar-refractivity contribution < 1.29 is 0 Å². The van der Waals surface area contributed by atoms with Crippen LogP contribution in [0.4, 0.5) is 0 Å². The number of likely N-dealkylation sites (N-methyl/N-ethyl adjacent to an activating group) is 1. The lowest BCUT2D eigenvalue weighted by Crippen LogP contribution is -2.33. The van der Waals surface area contributed by atoms with Crippen LogP contribution in [0.15, 0.2) is 113 Å². The Hall–Kier alpha value is -2.61. The molecular formula is C26H23NP. The van der Waals surface area contributed by atoms with E-state index in [9.17, 15) is 0 Å². The smallest absolute Gasteiger partial charge is 0.0653 e. The summed E-state index contributed by atoms with van der Waals surface area (Å²) in [6.07, 6.45) is 9.67. The highest BCUT2D eigenvalue weighted by Gasteiger charge is 2.31. The van der Waals surface area contributed by atoms with Gasteiger partial charge < -0.3 is 0 Å². The molecule has 0 aliphatic heterocycles.